The van der Waals surface area contributed by atoms with Crippen LogP contribution in [-0.2, 0) is 4.74 Å². The molecular formula is C28H28ClNO4. The molecule has 1 fully saturated rings. The highest BCUT2D eigenvalue weighted by Crippen LogP contribution is 2.38. The van der Waals surface area contributed by atoms with Gasteiger partial charge in [0, 0.05) is 29.4 Å². The summed E-state index contributed by atoms with van der Waals surface area (Å²) in [5, 5.41) is 12.0. The van der Waals surface area contributed by atoms with Crippen molar-refractivity contribution in [2.24, 2.45) is 5.92 Å². The fourth-order valence-corrected chi connectivity index (χ4v) is 4.67. The van der Waals surface area contributed by atoms with Gasteiger partial charge in [-0.2, -0.15) is 0 Å². The number of carbonyl (C=O) groups excluding carboxylic acids is 2. The van der Waals surface area contributed by atoms with Crippen molar-refractivity contribution in [1.29, 1.82) is 0 Å². The van der Waals surface area contributed by atoms with E-state index in [4.69, 9.17) is 16.3 Å². The second kappa shape index (κ2) is 10.9. The molecule has 0 aromatic heterocycles. The minimum absolute atomic E-state index is 0.0722. The van der Waals surface area contributed by atoms with Crippen LogP contribution in [0.1, 0.15) is 52.1 Å². The SMILES string of the molecule is CCOC(=O)c1ccc(N2CCC(C(O)c3cc(C=O)ccc3-c3ccc(Cl)cc3)CC2)cc1. The average molecular weight is 478 g/mol. The lowest BCUT2D eigenvalue weighted by Gasteiger charge is -2.36. The van der Waals surface area contributed by atoms with Gasteiger partial charge in [0.15, 0.2) is 0 Å². The van der Waals surface area contributed by atoms with E-state index in [0.29, 0.717) is 22.8 Å². The van der Waals surface area contributed by atoms with E-state index in [1.165, 1.54) is 0 Å². The van der Waals surface area contributed by atoms with E-state index in [2.05, 4.69) is 4.90 Å². The van der Waals surface area contributed by atoms with Crippen LogP contribution in [-0.4, -0.2) is 37.1 Å². The van der Waals surface area contributed by atoms with Crippen LogP contribution < -0.4 is 4.90 Å². The Morgan fingerprint density at radius 1 is 1.09 bits per heavy atom. The molecule has 1 aliphatic heterocycles. The van der Waals surface area contributed by atoms with Crippen molar-refractivity contribution in [3.05, 3.63) is 88.4 Å². The van der Waals surface area contributed by atoms with Crippen molar-refractivity contribution in [1.82, 2.24) is 0 Å². The van der Waals surface area contributed by atoms with Gasteiger partial charge in [-0.25, -0.2) is 4.79 Å². The molecule has 176 valence electrons. The molecule has 1 saturated heterocycles. The molecule has 0 amide bonds. The van der Waals surface area contributed by atoms with Crippen molar-refractivity contribution < 1.29 is 19.4 Å². The number of benzene rings is 3. The van der Waals surface area contributed by atoms with Crippen molar-refractivity contribution in [3.63, 3.8) is 0 Å². The third-order valence-corrected chi connectivity index (χ3v) is 6.67. The molecule has 1 heterocycles. The maximum atomic E-state index is 11.9. The topological polar surface area (TPSA) is 66.8 Å². The normalized spacial score (nSPS) is 15.1. The van der Waals surface area contributed by atoms with Crippen LogP contribution in [0.5, 0.6) is 0 Å². The second-order valence-electron chi connectivity index (χ2n) is 8.51. The van der Waals surface area contributed by atoms with E-state index in [9.17, 15) is 14.7 Å². The molecule has 0 spiro atoms. The van der Waals surface area contributed by atoms with Gasteiger partial charge in [0.1, 0.15) is 6.29 Å². The highest BCUT2D eigenvalue weighted by atomic mass is 35.5. The largest absolute Gasteiger partial charge is 0.462 e. The molecule has 3 aromatic rings. The van der Waals surface area contributed by atoms with Gasteiger partial charge in [-0.15, -0.1) is 0 Å². The van der Waals surface area contributed by atoms with E-state index in [0.717, 1.165) is 54.6 Å². The molecule has 0 radical (unpaired) electrons. The summed E-state index contributed by atoms with van der Waals surface area (Å²) in [5.41, 5.74) is 4.77. The molecule has 1 unspecified atom stereocenters. The van der Waals surface area contributed by atoms with Gasteiger partial charge in [0.25, 0.3) is 0 Å². The van der Waals surface area contributed by atoms with Crippen molar-refractivity contribution in [3.8, 4) is 11.1 Å². The number of aldehydes is 1. The van der Waals surface area contributed by atoms with Crippen LogP contribution >= 0.6 is 11.6 Å². The van der Waals surface area contributed by atoms with E-state index < -0.39 is 6.10 Å². The smallest absolute Gasteiger partial charge is 0.338 e. The predicted octanol–water partition coefficient (Wildman–Crippen LogP) is 5.95. The standard InChI is InChI=1S/C28H28ClNO4/c1-2-34-28(33)22-6-10-24(11-7-22)30-15-13-21(14-16-30)27(32)26-17-19(18-31)3-12-25(26)20-4-8-23(29)9-5-20/h3-12,17-18,21,27,32H,2,13-16H2,1H3. The third kappa shape index (κ3) is 5.32. The Morgan fingerprint density at radius 3 is 2.38 bits per heavy atom. The summed E-state index contributed by atoms with van der Waals surface area (Å²) < 4.78 is 5.05. The summed E-state index contributed by atoms with van der Waals surface area (Å²) in [7, 11) is 0. The number of anilines is 1. The number of piperidine rings is 1. The Bertz CT molecular complexity index is 1140. The van der Waals surface area contributed by atoms with Gasteiger partial charge in [-0.3, -0.25) is 4.79 Å². The summed E-state index contributed by atoms with van der Waals surface area (Å²) in [4.78, 5) is 25.6. The van der Waals surface area contributed by atoms with Crippen LogP contribution in [0.4, 0.5) is 5.69 Å². The highest BCUT2D eigenvalue weighted by molar-refractivity contribution is 6.30. The minimum atomic E-state index is -0.682. The lowest BCUT2D eigenvalue weighted by molar-refractivity contribution is 0.0526. The zero-order valence-electron chi connectivity index (χ0n) is 19.1. The number of carbonyl (C=O) groups is 2. The first-order valence-corrected chi connectivity index (χ1v) is 11.9. The number of halogens is 1. The third-order valence-electron chi connectivity index (χ3n) is 6.42. The Hall–Kier alpha value is -3.15. The quantitative estimate of drug-likeness (QED) is 0.336. The van der Waals surface area contributed by atoms with Crippen LogP contribution in [0, 0.1) is 5.92 Å². The molecule has 0 saturated carbocycles. The van der Waals surface area contributed by atoms with Crippen molar-refractivity contribution in [2.75, 3.05) is 24.6 Å². The number of hydrogen-bond acceptors (Lipinski definition) is 5. The van der Waals surface area contributed by atoms with Crippen LogP contribution in [0.15, 0.2) is 66.7 Å². The van der Waals surface area contributed by atoms with Crippen molar-refractivity contribution >= 4 is 29.5 Å². The average Bonchev–Trinajstić information content (AvgIpc) is 2.89. The Balaban J connectivity index is 1.48. The molecule has 1 aliphatic rings. The number of esters is 1. The Morgan fingerprint density at radius 2 is 1.76 bits per heavy atom. The van der Waals surface area contributed by atoms with Crippen LogP contribution in [0.3, 0.4) is 0 Å². The fraction of sp³-hybridized carbons (Fsp3) is 0.286. The number of rotatable bonds is 7. The molecule has 0 aliphatic carbocycles. The zero-order valence-corrected chi connectivity index (χ0v) is 19.9. The van der Waals surface area contributed by atoms with Gasteiger partial charge in [0.2, 0.25) is 0 Å². The maximum Gasteiger partial charge on any atom is 0.338 e. The molecular weight excluding hydrogens is 450 g/mol. The van der Waals surface area contributed by atoms with Crippen molar-refractivity contribution in [2.45, 2.75) is 25.9 Å². The molecule has 34 heavy (non-hydrogen) atoms. The minimum Gasteiger partial charge on any atom is -0.462 e. The zero-order chi connectivity index (χ0) is 24.1. The van der Waals surface area contributed by atoms with E-state index in [1.807, 2.05) is 42.5 Å². The van der Waals surface area contributed by atoms with Gasteiger partial charge in [-0.05, 0) is 84.8 Å². The molecule has 1 atom stereocenters. The summed E-state index contributed by atoms with van der Waals surface area (Å²) in [6, 6.07) is 20.4. The summed E-state index contributed by atoms with van der Waals surface area (Å²) >= 11 is 6.05. The number of aliphatic hydroxyl groups is 1. The predicted molar refractivity (Wildman–Crippen MR) is 135 cm³/mol. The van der Waals surface area contributed by atoms with E-state index >= 15 is 0 Å². The Kier molecular flexibility index (Phi) is 7.66. The Labute approximate surface area is 204 Å². The molecule has 4 rings (SSSR count). The second-order valence-corrected chi connectivity index (χ2v) is 8.94. The molecule has 5 nitrogen and oxygen atoms in total. The first-order valence-electron chi connectivity index (χ1n) is 11.6. The molecule has 1 N–H and O–H groups in total. The van der Waals surface area contributed by atoms with E-state index in [1.54, 1.807) is 31.2 Å². The van der Waals surface area contributed by atoms with Gasteiger partial charge >= 0.3 is 5.97 Å². The number of nitrogens with zero attached hydrogens (tertiary/aromatic N) is 1. The summed E-state index contributed by atoms with van der Waals surface area (Å²) in [6.45, 7) is 3.73. The lowest BCUT2D eigenvalue weighted by Crippen LogP contribution is -2.35. The molecule has 6 heteroatoms. The van der Waals surface area contributed by atoms with Gasteiger partial charge < -0.3 is 14.7 Å². The van der Waals surface area contributed by atoms with Crippen LogP contribution in [0.2, 0.25) is 5.02 Å². The lowest BCUT2D eigenvalue weighted by atomic mass is 9.83. The fourth-order valence-electron chi connectivity index (χ4n) is 4.54. The van der Waals surface area contributed by atoms with Crippen LogP contribution in [0.25, 0.3) is 11.1 Å². The first-order chi connectivity index (χ1) is 16.5. The number of ether oxygens (including phenoxy) is 1. The van der Waals surface area contributed by atoms with Gasteiger partial charge in [0.05, 0.1) is 18.3 Å². The highest BCUT2D eigenvalue weighted by Gasteiger charge is 2.28. The summed E-state index contributed by atoms with van der Waals surface area (Å²) in [6.07, 6.45) is 1.75. The number of aliphatic hydroxyl groups excluding tert-OH is 1. The molecule has 3 aromatic carbocycles. The van der Waals surface area contributed by atoms with Gasteiger partial charge in [-0.1, -0.05) is 35.9 Å². The number of hydrogen-bond donors (Lipinski definition) is 1. The monoisotopic (exact) mass is 477 g/mol. The molecule has 0 bridgehead atoms. The first kappa shape index (κ1) is 24.0. The van der Waals surface area contributed by atoms with E-state index in [-0.39, 0.29) is 11.9 Å². The maximum absolute atomic E-state index is 11.9. The summed E-state index contributed by atoms with van der Waals surface area (Å²) in [5.74, 6) is -0.243.